The molecule has 0 atom stereocenters. The summed E-state index contributed by atoms with van der Waals surface area (Å²) in [6.45, 7) is 1.83. The minimum absolute atomic E-state index is 0.168. The topological polar surface area (TPSA) is 81.4 Å². The summed E-state index contributed by atoms with van der Waals surface area (Å²) in [7, 11) is 3.46. The van der Waals surface area contributed by atoms with Crippen molar-refractivity contribution in [3.8, 4) is 17.1 Å². The molecule has 3 aromatic rings. The fourth-order valence-electron chi connectivity index (χ4n) is 2.52. The Bertz CT molecular complexity index is 1030. The fraction of sp³-hybridized carbons (Fsp3) is 0.200. The van der Waals surface area contributed by atoms with Crippen LogP contribution in [0, 0.1) is 0 Å². The van der Waals surface area contributed by atoms with Gasteiger partial charge in [0, 0.05) is 17.6 Å². The number of hydrogen-bond donors (Lipinski definition) is 1. The summed E-state index contributed by atoms with van der Waals surface area (Å²) in [5.74, 6) is 1.39. The third-order valence-electron chi connectivity index (χ3n) is 4.11. The van der Waals surface area contributed by atoms with Crippen molar-refractivity contribution in [1.29, 1.82) is 0 Å². The standard InChI is InChI=1S/C20H20ClN5O2S/c1-13(14-7-9-17(28-3)10-8-14)22-23-18(27)12-29-20-25-24-19(26(20)2)15-5-4-6-16(21)11-15/h4-11H,12H2,1-3H3,(H,23,27)/b22-13+. The number of nitrogens with one attached hydrogen (secondary N) is 1. The van der Waals surface area contributed by atoms with Gasteiger partial charge in [0.15, 0.2) is 11.0 Å². The molecule has 0 aliphatic rings. The van der Waals surface area contributed by atoms with Gasteiger partial charge in [-0.15, -0.1) is 10.2 Å². The quantitative estimate of drug-likeness (QED) is 0.351. The van der Waals surface area contributed by atoms with E-state index in [9.17, 15) is 4.79 Å². The monoisotopic (exact) mass is 429 g/mol. The van der Waals surface area contributed by atoms with Crippen LogP contribution in [-0.2, 0) is 11.8 Å². The van der Waals surface area contributed by atoms with E-state index in [1.807, 2.05) is 61.0 Å². The smallest absolute Gasteiger partial charge is 0.250 e. The molecule has 0 aliphatic heterocycles. The molecule has 0 aliphatic carbocycles. The van der Waals surface area contributed by atoms with Crippen LogP contribution in [0.2, 0.25) is 5.02 Å². The Balaban J connectivity index is 1.58. The lowest BCUT2D eigenvalue weighted by atomic mass is 10.1. The number of hydrazone groups is 1. The average molecular weight is 430 g/mol. The maximum atomic E-state index is 12.2. The number of carbonyl (C=O) groups excluding carboxylic acids is 1. The zero-order valence-corrected chi connectivity index (χ0v) is 17.8. The molecule has 0 saturated carbocycles. The second-order valence-corrected chi connectivity index (χ2v) is 7.50. The molecule has 3 rings (SSSR count). The molecule has 1 aromatic heterocycles. The first-order valence-corrected chi connectivity index (χ1v) is 10.1. The molecule has 0 fully saturated rings. The van der Waals surface area contributed by atoms with E-state index in [-0.39, 0.29) is 11.7 Å². The Morgan fingerprint density at radius 2 is 2.00 bits per heavy atom. The molecule has 0 spiro atoms. The lowest BCUT2D eigenvalue weighted by Crippen LogP contribution is -2.21. The van der Waals surface area contributed by atoms with Gasteiger partial charge in [-0.25, -0.2) is 5.43 Å². The minimum Gasteiger partial charge on any atom is -0.497 e. The molecule has 29 heavy (non-hydrogen) atoms. The first-order valence-electron chi connectivity index (χ1n) is 8.73. The van der Waals surface area contributed by atoms with E-state index < -0.39 is 0 Å². The predicted octanol–water partition coefficient (Wildman–Crippen LogP) is 3.78. The van der Waals surface area contributed by atoms with Crippen LogP contribution >= 0.6 is 23.4 Å². The van der Waals surface area contributed by atoms with E-state index in [0.29, 0.717) is 21.7 Å². The summed E-state index contributed by atoms with van der Waals surface area (Å²) in [6.07, 6.45) is 0. The highest BCUT2D eigenvalue weighted by atomic mass is 35.5. The van der Waals surface area contributed by atoms with Crippen molar-refractivity contribution in [2.75, 3.05) is 12.9 Å². The summed E-state index contributed by atoms with van der Waals surface area (Å²) in [5.41, 5.74) is 5.03. The van der Waals surface area contributed by atoms with Crippen molar-refractivity contribution in [2.24, 2.45) is 12.1 Å². The number of thioether (sulfide) groups is 1. The SMILES string of the molecule is COc1ccc(/C(C)=N/NC(=O)CSc2nnc(-c3cccc(Cl)c3)n2C)cc1. The van der Waals surface area contributed by atoms with Gasteiger partial charge >= 0.3 is 0 Å². The van der Waals surface area contributed by atoms with E-state index in [0.717, 1.165) is 16.9 Å². The van der Waals surface area contributed by atoms with Crippen LogP contribution in [0.5, 0.6) is 5.75 Å². The Labute approximate surface area is 178 Å². The van der Waals surface area contributed by atoms with Crippen molar-refractivity contribution in [2.45, 2.75) is 12.1 Å². The number of hydrogen-bond acceptors (Lipinski definition) is 6. The summed E-state index contributed by atoms with van der Waals surface area (Å²) in [5, 5.41) is 13.8. The van der Waals surface area contributed by atoms with E-state index in [2.05, 4.69) is 20.7 Å². The maximum Gasteiger partial charge on any atom is 0.250 e. The Hall–Kier alpha value is -2.84. The molecule has 2 aromatic carbocycles. The number of carbonyl (C=O) groups is 1. The molecule has 150 valence electrons. The molecule has 1 heterocycles. The molecule has 1 N–H and O–H groups in total. The molecule has 0 radical (unpaired) electrons. The number of ether oxygens (including phenoxy) is 1. The first kappa shape index (κ1) is 20.9. The van der Waals surface area contributed by atoms with Crippen LogP contribution in [0.3, 0.4) is 0 Å². The Kier molecular flexibility index (Phi) is 6.90. The largest absolute Gasteiger partial charge is 0.497 e. The molecular formula is C20H20ClN5O2S. The van der Waals surface area contributed by atoms with Gasteiger partial charge in [0.05, 0.1) is 18.6 Å². The number of halogens is 1. The number of methoxy groups -OCH3 is 1. The molecule has 7 nitrogen and oxygen atoms in total. The summed E-state index contributed by atoms with van der Waals surface area (Å²) in [4.78, 5) is 12.2. The highest BCUT2D eigenvalue weighted by molar-refractivity contribution is 7.99. The second-order valence-electron chi connectivity index (χ2n) is 6.12. The van der Waals surface area contributed by atoms with Gasteiger partial charge in [-0.05, 0) is 48.9 Å². The van der Waals surface area contributed by atoms with Crippen LogP contribution in [-0.4, -0.2) is 39.2 Å². The zero-order valence-electron chi connectivity index (χ0n) is 16.2. The molecule has 9 heteroatoms. The van der Waals surface area contributed by atoms with Crippen LogP contribution in [0.1, 0.15) is 12.5 Å². The maximum absolute atomic E-state index is 12.2. The predicted molar refractivity (Wildman–Crippen MR) is 116 cm³/mol. The highest BCUT2D eigenvalue weighted by Gasteiger charge is 2.13. The third kappa shape index (κ3) is 5.36. The Morgan fingerprint density at radius 3 is 2.69 bits per heavy atom. The van der Waals surface area contributed by atoms with Gasteiger partial charge < -0.3 is 9.30 Å². The van der Waals surface area contributed by atoms with Gasteiger partial charge in [-0.1, -0.05) is 35.5 Å². The number of rotatable bonds is 7. The number of amides is 1. The summed E-state index contributed by atoms with van der Waals surface area (Å²) >= 11 is 7.33. The second kappa shape index (κ2) is 9.58. The van der Waals surface area contributed by atoms with Crippen LogP contribution in [0.25, 0.3) is 11.4 Å². The minimum atomic E-state index is -0.227. The summed E-state index contributed by atoms with van der Waals surface area (Å²) in [6, 6.07) is 14.9. The van der Waals surface area contributed by atoms with E-state index in [4.69, 9.17) is 16.3 Å². The van der Waals surface area contributed by atoms with Gasteiger partial charge in [0.1, 0.15) is 5.75 Å². The van der Waals surface area contributed by atoms with Crippen molar-refractivity contribution in [3.63, 3.8) is 0 Å². The molecule has 0 unspecified atom stereocenters. The number of benzene rings is 2. The molecule has 0 saturated heterocycles. The van der Waals surface area contributed by atoms with Gasteiger partial charge in [-0.3, -0.25) is 4.79 Å². The van der Waals surface area contributed by atoms with Crippen LogP contribution in [0.15, 0.2) is 58.8 Å². The highest BCUT2D eigenvalue weighted by Crippen LogP contribution is 2.24. The zero-order chi connectivity index (χ0) is 20.8. The van der Waals surface area contributed by atoms with Crippen molar-refractivity contribution in [1.82, 2.24) is 20.2 Å². The normalized spacial score (nSPS) is 11.4. The van der Waals surface area contributed by atoms with Crippen LogP contribution < -0.4 is 10.2 Å². The van der Waals surface area contributed by atoms with E-state index in [1.165, 1.54) is 11.8 Å². The van der Waals surface area contributed by atoms with Crippen molar-refractivity contribution in [3.05, 3.63) is 59.1 Å². The molecule has 1 amide bonds. The van der Waals surface area contributed by atoms with Gasteiger partial charge in [0.2, 0.25) is 0 Å². The van der Waals surface area contributed by atoms with Crippen LogP contribution in [0.4, 0.5) is 0 Å². The lowest BCUT2D eigenvalue weighted by Gasteiger charge is -2.05. The summed E-state index contributed by atoms with van der Waals surface area (Å²) < 4.78 is 6.96. The molecule has 0 bridgehead atoms. The van der Waals surface area contributed by atoms with Crippen molar-refractivity contribution >= 4 is 35.0 Å². The van der Waals surface area contributed by atoms with E-state index >= 15 is 0 Å². The number of aromatic nitrogens is 3. The first-order chi connectivity index (χ1) is 14.0. The van der Waals surface area contributed by atoms with Gasteiger partial charge in [-0.2, -0.15) is 5.10 Å². The average Bonchev–Trinajstić information content (AvgIpc) is 3.11. The Morgan fingerprint density at radius 1 is 1.24 bits per heavy atom. The third-order valence-corrected chi connectivity index (χ3v) is 5.36. The number of nitrogens with zero attached hydrogens (tertiary/aromatic N) is 4. The lowest BCUT2D eigenvalue weighted by molar-refractivity contribution is -0.118. The van der Waals surface area contributed by atoms with E-state index in [1.54, 1.807) is 13.2 Å². The molecular weight excluding hydrogens is 410 g/mol. The van der Waals surface area contributed by atoms with Gasteiger partial charge in [0.25, 0.3) is 5.91 Å². The fourth-order valence-corrected chi connectivity index (χ4v) is 3.42. The van der Waals surface area contributed by atoms with Crippen molar-refractivity contribution < 1.29 is 9.53 Å².